The van der Waals surface area contributed by atoms with Gasteiger partial charge in [0.2, 0.25) is 0 Å². The quantitative estimate of drug-likeness (QED) is 0.442. The van der Waals surface area contributed by atoms with Crippen molar-refractivity contribution in [2.45, 2.75) is 12.2 Å². The molecule has 3 heterocycles. The van der Waals surface area contributed by atoms with E-state index in [1.807, 2.05) is 11.9 Å². The molecule has 2 amide bonds. The van der Waals surface area contributed by atoms with Gasteiger partial charge >= 0.3 is 6.18 Å². The molecule has 2 aromatic carbocycles. The number of piperazine rings is 1. The molecule has 7 nitrogen and oxygen atoms in total. The predicted molar refractivity (Wildman–Crippen MR) is 134 cm³/mol. The summed E-state index contributed by atoms with van der Waals surface area (Å²) >= 11 is 6.30. The van der Waals surface area contributed by atoms with Gasteiger partial charge in [-0.1, -0.05) is 11.6 Å². The van der Waals surface area contributed by atoms with Crippen LogP contribution < -0.4 is 15.5 Å². The largest absolute Gasteiger partial charge is 0.416 e. The van der Waals surface area contributed by atoms with Crippen LogP contribution in [0.4, 0.5) is 33.5 Å². The Labute approximate surface area is 224 Å². The van der Waals surface area contributed by atoms with E-state index >= 15 is 0 Å². The Morgan fingerprint density at radius 2 is 1.77 bits per heavy atom. The second kappa shape index (κ2) is 10.1. The van der Waals surface area contributed by atoms with Crippen molar-refractivity contribution in [1.82, 2.24) is 15.2 Å². The van der Waals surface area contributed by atoms with E-state index in [0.29, 0.717) is 44.1 Å². The number of hydrogen-bond donors (Lipinski definition) is 2. The molecular formula is C26H21ClF5N5O2. The van der Waals surface area contributed by atoms with E-state index in [-0.39, 0.29) is 33.6 Å². The van der Waals surface area contributed by atoms with Crippen LogP contribution in [0, 0.1) is 11.6 Å². The van der Waals surface area contributed by atoms with Gasteiger partial charge in [-0.3, -0.25) is 9.59 Å². The van der Waals surface area contributed by atoms with Crippen molar-refractivity contribution in [3.05, 3.63) is 87.1 Å². The van der Waals surface area contributed by atoms with Crippen LogP contribution in [0.2, 0.25) is 5.02 Å². The van der Waals surface area contributed by atoms with Crippen molar-refractivity contribution in [2.24, 2.45) is 0 Å². The normalized spacial score (nSPS) is 17.7. The summed E-state index contributed by atoms with van der Waals surface area (Å²) in [5.41, 5.74) is -1.56. The van der Waals surface area contributed by atoms with Gasteiger partial charge in [-0.2, -0.15) is 13.2 Å². The first-order valence-electron chi connectivity index (χ1n) is 11.8. The molecule has 0 spiro atoms. The van der Waals surface area contributed by atoms with Gasteiger partial charge in [-0.15, -0.1) is 0 Å². The molecule has 1 saturated heterocycles. The highest BCUT2D eigenvalue weighted by Gasteiger charge is 2.37. The van der Waals surface area contributed by atoms with Crippen LogP contribution in [0.5, 0.6) is 0 Å². The van der Waals surface area contributed by atoms with E-state index < -0.39 is 46.8 Å². The zero-order valence-electron chi connectivity index (χ0n) is 20.4. The molecule has 1 fully saturated rings. The number of benzene rings is 2. The minimum atomic E-state index is -4.88. The lowest BCUT2D eigenvalue weighted by Gasteiger charge is -2.33. The lowest BCUT2D eigenvalue weighted by atomic mass is 9.98. The van der Waals surface area contributed by atoms with E-state index in [0.717, 1.165) is 12.1 Å². The number of alkyl halides is 3. The van der Waals surface area contributed by atoms with E-state index in [9.17, 15) is 31.5 Å². The lowest BCUT2D eigenvalue weighted by Crippen LogP contribution is -2.45. The summed E-state index contributed by atoms with van der Waals surface area (Å²) in [6, 6.07) is 5.56. The van der Waals surface area contributed by atoms with E-state index in [1.54, 1.807) is 0 Å². The highest BCUT2D eigenvalue weighted by molar-refractivity contribution is 6.31. The third kappa shape index (κ3) is 5.39. The molecular weight excluding hydrogens is 545 g/mol. The molecule has 204 valence electrons. The van der Waals surface area contributed by atoms with Crippen LogP contribution in [0.1, 0.15) is 43.6 Å². The number of nitrogens with one attached hydrogen (secondary N) is 2. The van der Waals surface area contributed by atoms with Crippen LogP contribution in [0.25, 0.3) is 0 Å². The van der Waals surface area contributed by atoms with Crippen molar-refractivity contribution < 1.29 is 31.5 Å². The molecule has 0 bridgehead atoms. The number of likely N-dealkylation sites (N-methyl/N-ethyl adjacent to an activating group) is 1. The maximum atomic E-state index is 14.1. The van der Waals surface area contributed by atoms with Crippen LogP contribution in [0.3, 0.4) is 0 Å². The van der Waals surface area contributed by atoms with Gasteiger partial charge < -0.3 is 20.4 Å². The molecule has 2 N–H and O–H groups in total. The van der Waals surface area contributed by atoms with Gasteiger partial charge in [0.15, 0.2) is 0 Å². The van der Waals surface area contributed by atoms with Crippen molar-refractivity contribution in [3.63, 3.8) is 0 Å². The molecule has 2 aliphatic heterocycles. The fourth-order valence-corrected chi connectivity index (χ4v) is 4.85. The predicted octanol–water partition coefficient (Wildman–Crippen LogP) is 4.87. The molecule has 39 heavy (non-hydrogen) atoms. The van der Waals surface area contributed by atoms with Crippen molar-refractivity contribution in [1.29, 1.82) is 0 Å². The average Bonchev–Trinajstić information content (AvgIpc) is 3.21. The molecule has 1 atom stereocenters. The topological polar surface area (TPSA) is 77.6 Å². The standard InChI is InChI=1S/C26H21ClF5N5O2/c1-36-4-6-37(7-5-36)20-12-19(33-24(38)13-8-14(26(30,31)32)10-16(29)9-13)21-22(35-25(39)23(21)34-20)17-11-15(28)2-3-18(17)27/h2-3,8-12,22H,4-7H2,1H3,(H,35,39)(H,33,34,38). The number of hydrogen-bond acceptors (Lipinski definition) is 5. The number of aromatic nitrogens is 1. The number of pyridine rings is 1. The average molecular weight is 566 g/mol. The number of nitrogens with zero attached hydrogens (tertiary/aromatic N) is 3. The van der Waals surface area contributed by atoms with Gasteiger partial charge in [0.1, 0.15) is 23.1 Å². The zero-order chi connectivity index (χ0) is 28.1. The first kappa shape index (κ1) is 26.8. The SMILES string of the molecule is CN1CCN(c2cc(NC(=O)c3cc(F)cc(C(F)(F)F)c3)c3c(n2)C(=O)NC3c2cc(F)ccc2Cl)CC1. The van der Waals surface area contributed by atoms with Crippen molar-refractivity contribution >= 4 is 34.9 Å². The summed E-state index contributed by atoms with van der Waals surface area (Å²) in [6.07, 6.45) is -4.88. The van der Waals surface area contributed by atoms with Gasteiger partial charge in [0.05, 0.1) is 17.3 Å². The fraction of sp³-hybridized carbons (Fsp3) is 0.269. The molecule has 1 aromatic heterocycles. The third-order valence-corrected chi connectivity index (χ3v) is 7.00. The summed E-state index contributed by atoms with van der Waals surface area (Å²) in [5.74, 6) is -3.15. The fourth-order valence-electron chi connectivity index (χ4n) is 4.63. The summed E-state index contributed by atoms with van der Waals surface area (Å²) in [5, 5.41) is 5.36. The van der Waals surface area contributed by atoms with E-state index in [2.05, 4.69) is 20.5 Å². The molecule has 0 aliphatic carbocycles. The third-order valence-electron chi connectivity index (χ3n) is 6.66. The Hall–Kier alpha value is -3.77. The smallest absolute Gasteiger partial charge is 0.354 e. The van der Waals surface area contributed by atoms with Crippen LogP contribution in [0.15, 0.2) is 42.5 Å². The monoisotopic (exact) mass is 565 g/mol. The number of carbonyl (C=O) groups excluding carboxylic acids is 2. The van der Waals surface area contributed by atoms with Gasteiger partial charge in [0, 0.05) is 54.0 Å². The number of anilines is 2. The maximum Gasteiger partial charge on any atom is 0.416 e. The Morgan fingerprint density at radius 1 is 1.05 bits per heavy atom. The van der Waals surface area contributed by atoms with Crippen LogP contribution in [-0.4, -0.2) is 54.9 Å². The van der Waals surface area contributed by atoms with Gasteiger partial charge in [0.25, 0.3) is 11.8 Å². The highest BCUT2D eigenvalue weighted by Crippen LogP contribution is 2.40. The zero-order valence-corrected chi connectivity index (χ0v) is 21.1. The van der Waals surface area contributed by atoms with E-state index in [4.69, 9.17) is 11.6 Å². The summed E-state index contributed by atoms with van der Waals surface area (Å²) in [4.78, 5) is 34.7. The van der Waals surface area contributed by atoms with Gasteiger partial charge in [-0.05, 0) is 43.4 Å². The Balaban J connectivity index is 1.61. The Kier molecular flexibility index (Phi) is 6.93. The number of amides is 2. The minimum absolute atomic E-state index is 0.0421. The van der Waals surface area contributed by atoms with E-state index in [1.165, 1.54) is 12.1 Å². The first-order valence-corrected chi connectivity index (χ1v) is 12.2. The highest BCUT2D eigenvalue weighted by atomic mass is 35.5. The minimum Gasteiger partial charge on any atom is -0.354 e. The number of fused-ring (bicyclic) bond motifs is 1. The Bertz CT molecular complexity index is 1470. The first-order chi connectivity index (χ1) is 18.4. The van der Waals surface area contributed by atoms with Gasteiger partial charge in [-0.25, -0.2) is 13.8 Å². The molecule has 5 rings (SSSR count). The molecule has 0 radical (unpaired) electrons. The summed E-state index contributed by atoms with van der Waals surface area (Å²) < 4.78 is 67.9. The second-order valence-corrected chi connectivity index (χ2v) is 9.74. The number of halogens is 6. The summed E-state index contributed by atoms with van der Waals surface area (Å²) in [6.45, 7) is 2.54. The van der Waals surface area contributed by atoms with Crippen molar-refractivity contribution in [2.75, 3.05) is 43.4 Å². The maximum absolute atomic E-state index is 14.1. The number of rotatable bonds is 4. The molecule has 0 saturated carbocycles. The second-order valence-electron chi connectivity index (χ2n) is 9.33. The number of carbonyl (C=O) groups is 2. The summed E-state index contributed by atoms with van der Waals surface area (Å²) in [7, 11) is 1.95. The van der Waals surface area contributed by atoms with Crippen LogP contribution in [-0.2, 0) is 6.18 Å². The Morgan fingerprint density at radius 3 is 2.46 bits per heavy atom. The molecule has 2 aliphatic rings. The van der Waals surface area contributed by atoms with Crippen LogP contribution >= 0.6 is 11.6 Å². The lowest BCUT2D eigenvalue weighted by molar-refractivity contribution is -0.137. The van der Waals surface area contributed by atoms with Crippen molar-refractivity contribution in [3.8, 4) is 0 Å². The molecule has 3 aromatic rings. The molecule has 13 heteroatoms. The molecule has 1 unspecified atom stereocenters.